The molecule has 5 nitrogen and oxygen atoms in total. The van der Waals surface area contributed by atoms with Crippen molar-refractivity contribution < 1.29 is 19.0 Å². The Bertz CT molecular complexity index is 328. The highest BCUT2D eigenvalue weighted by molar-refractivity contribution is 5.68. The highest BCUT2D eigenvalue weighted by Crippen LogP contribution is 2.30. The molecule has 0 aromatic carbocycles. The Morgan fingerprint density at radius 2 is 1.89 bits per heavy atom. The summed E-state index contributed by atoms with van der Waals surface area (Å²) in [6, 6.07) is 0. The first kappa shape index (κ1) is 15.0. The largest absolute Gasteiger partial charge is 0.444 e. The first-order valence-electron chi connectivity index (χ1n) is 6.00. The highest BCUT2D eigenvalue weighted by Gasteiger charge is 2.40. The zero-order valence-electron chi connectivity index (χ0n) is 11.9. The van der Waals surface area contributed by atoms with Gasteiger partial charge in [-0.15, -0.1) is 0 Å². The second kappa shape index (κ2) is 5.28. The lowest BCUT2D eigenvalue weighted by Gasteiger charge is -2.41. The van der Waals surface area contributed by atoms with Gasteiger partial charge in [0.25, 0.3) is 0 Å². The van der Waals surface area contributed by atoms with Gasteiger partial charge in [0, 0.05) is 39.3 Å². The van der Waals surface area contributed by atoms with E-state index in [2.05, 4.69) is 6.58 Å². The van der Waals surface area contributed by atoms with Gasteiger partial charge in [-0.25, -0.2) is 4.79 Å². The molecular formula is C13H23NO4. The maximum Gasteiger partial charge on any atom is 0.410 e. The van der Waals surface area contributed by atoms with Crippen molar-refractivity contribution in [3.8, 4) is 0 Å². The fourth-order valence-corrected chi connectivity index (χ4v) is 1.95. The van der Waals surface area contributed by atoms with E-state index < -0.39 is 11.4 Å². The Morgan fingerprint density at radius 1 is 1.33 bits per heavy atom. The van der Waals surface area contributed by atoms with Crippen LogP contribution in [-0.2, 0) is 14.2 Å². The zero-order valence-corrected chi connectivity index (χ0v) is 11.9. The monoisotopic (exact) mass is 257 g/mol. The van der Waals surface area contributed by atoms with Crippen molar-refractivity contribution in [1.82, 2.24) is 4.90 Å². The Kier molecular flexibility index (Phi) is 4.40. The van der Waals surface area contributed by atoms with E-state index in [0.717, 1.165) is 5.57 Å². The topological polar surface area (TPSA) is 48.0 Å². The van der Waals surface area contributed by atoms with Crippen molar-refractivity contribution in [2.75, 3.05) is 27.3 Å². The van der Waals surface area contributed by atoms with E-state index in [1.807, 2.05) is 20.8 Å². The molecule has 0 atom stereocenters. The van der Waals surface area contributed by atoms with Gasteiger partial charge in [-0.1, -0.05) is 6.58 Å². The average molecular weight is 257 g/mol. The number of hydrogen-bond acceptors (Lipinski definition) is 4. The second-order valence-corrected chi connectivity index (χ2v) is 5.42. The summed E-state index contributed by atoms with van der Waals surface area (Å²) >= 11 is 0. The molecule has 1 aliphatic rings. The Hall–Kier alpha value is -1.07. The lowest BCUT2D eigenvalue weighted by molar-refractivity contribution is -0.194. The summed E-state index contributed by atoms with van der Waals surface area (Å²) in [5.74, 6) is -0.779. The molecule has 0 N–H and O–H groups in total. The molecule has 0 unspecified atom stereocenters. The summed E-state index contributed by atoms with van der Waals surface area (Å²) in [5.41, 5.74) is 0.236. The maximum atomic E-state index is 11.9. The van der Waals surface area contributed by atoms with E-state index in [9.17, 15) is 4.79 Å². The molecule has 0 aliphatic carbocycles. The molecule has 1 saturated heterocycles. The molecule has 1 amide bonds. The lowest BCUT2D eigenvalue weighted by Crippen LogP contribution is -2.51. The summed E-state index contributed by atoms with van der Waals surface area (Å²) in [6.07, 6.45) is 0.224. The number of methoxy groups -OCH3 is 2. The summed E-state index contributed by atoms with van der Waals surface area (Å²) < 4.78 is 16.1. The molecule has 18 heavy (non-hydrogen) atoms. The van der Waals surface area contributed by atoms with Crippen LogP contribution in [0.25, 0.3) is 0 Å². The maximum absolute atomic E-state index is 11.9. The minimum absolute atomic E-state index is 0.329. The van der Waals surface area contributed by atoms with Gasteiger partial charge in [0.1, 0.15) is 5.60 Å². The highest BCUT2D eigenvalue weighted by atomic mass is 16.7. The Labute approximate surface area is 109 Å². The van der Waals surface area contributed by atoms with Crippen molar-refractivity contribution in [3.63, 3.8) is 0 Å². The molecule has 0 spiro atoms. The molecule has 0 saturated carbocycles. The fraction of sp³-hybridized carbons (Fsp3) is 0.769. The van der Waals surface area contributed by atoms with E-state index >= 15 is 0 Å². The third kappa shape index (κ3) is 3.23. The van der Waals surface area contributed by atoms with E-state index in [1.165, 1.54) is 0 Å². The number of nitrogens with zero attached hydrogens (tertiary/aromatic N) is 1. The van der Waals surface area contributed by atoms with Gasteiger partial charge in [-0.3, -0.25) is 0 Å². The predicted molar refractivity (Wildman–Crippen MR) is 68.3 cm³/mol. The number of amides is 1. The number of piperidine rings is 1. The molecule has 0 radical (unpaired) electrons. The van der Waals surface area contributed by atoms with Gasteiger partial charge < -0.3 is 19.1 Å². The van der Waals surface area contributed by atoms with E-state index in [0.29, 0.717) is 19.5 Å². The molecule has 1 heterocycles. The van der Waals surface area contributed by atoms with Crippen molar-refractivity contribution in [1.29, 1.82) is 0 Å². The van der Waals surface area contributed by atoms with Crippen molar-refractivity contribution in [2.45, 2.75) is 38.6 Å². The fourth-order valence-electron chi connectivity index (χ4n) is 1.95. The molecule has 1 aliphatic heterocycles. The number of carbonyl (C=O) groups is 1. The van der Waals surface area contributed by atoms with Crippen LogP contribution in [0.2, 0.25) is 0 Å². The molecule has 1 fully saturated rings. The van der Waals surface area contributed by atoms with Crippen LogP contribution in [0.3, 0.4) is 0 Å². The summed E-state index contributed by atoms with van der Waals surface area (Å²) in [5, 5.41) is 0. The molecular weight excluding hydrogens is 234 g/mol. The van der Waals surface area contributed by atoms with E-state index in [4.69, 9.17) is 14.2 Å². The van der Waals surface area contributed by atoms with Gasteiger partial charge in [-0.05, 0) is 20.8 Å². The Morgan fingerprint density at radius 3 is 2.28 bits per heavy atom. The van der Waals surface area contributed by atoms with Gasteiger partial charge in [0.2, 0.25) is 0 Å². The summed E-state index contributed by atoms with van der Waals surface area (Å²) in [6.45, 7) is 10.4. The van der Waals surface area contributed by atoms with Crippen LogP contribution >= 0.6 is 0 Å². The van der Waals surface area contributed by atoms with Crippen LogP contribution in [-0.4, -0.2) is 49.7 Å². The summed E-state index contributed by atoms with van der Waals surface area (Å²) in [7, 11) is 3.16. The van der Waals surface area contributed by atoms with Crippen LogP contribution < -0.4 is 0 Å². The third-order valence-electron chi connectivity index (χ3n) is 2.94. The first-order chi connectivity index (χ1) is 8.24. The molecule has 104 valence electrons. The quantitative estimate of drug-likeness (QED) is 0.562. The average Bonchev–Trinajstić information content (AvgIpc) is 2.27. The minimum atomic E-state index is -0.779. The summed E-state index contributed by atoms with van der Waals surface area (Å²) in [4.78, 5) is 13.5. The third-order valence-corrected chi connectivity index (χ3v) is 2.94. The Balaban J connectivity index is 2.66. The van der Waals surface area contributed by atoms with Crippen molar-refractivity contribution in [3.05, 3.63) is 12.2 Å². The van der Waals surface area contributed by atoms with Crippen molar-refractivity contribution >= 4 is 6.09 Å². The molecule has 0 bridgehead atoms. The normalized spacial score (nSPS) is 19.8. The van der Waals surface area contributed by atoms with Crippen molar-refractivity contribution in [2.24, 2.45) is 0 Å². The van der Waals surface area contributed by atoms with Gasteiger partial charge in [0.05, 0.1) is 0 Å². The van der Waals surface area contributed by atoms with Gasteiger partial charge in [0.15, 0.2) is 5.79 Å². The first-order valence-corrected chi connectivity index (χ1v) is 6.00. The molecule has 5 heteroatoms. The lowest BCUT2D eigenvalue weighted by atomic mass is 9.99. The van der Waals surface area contributed by atoms with Crippen LogP contribution in [0.15, 0.2) is 12.2 Å². The standard InChI is InChI=1S/C13H23NO4/c1-10-9-14(11(15)18-12(2,3)4)8-7-13(10,16-5)17-6/h1,7-9H2,2-6H3. The van der Waals surface area contributed by atoms with Gasteiger partial charge >= 0.3 is 6.09 Å². The molecule has 0 aromatic heterocycles. The van der Waals surface area contributed by atoms with Crippen LogP contribution in [0.5, 0.6) is 0 Å². The van der Waals surface area contributed by atoms with Crippen LogP contribution in [0.1, 0.15) is 27.2 Å². The molecule has 0 aromatic rings. The number of rotatable bonds is 2. The SMILES string of the molecule is C=C1CN(C(=O)OC(C)(C)C)CCC1(OC)OC. The number of ether oxygens (including phenoxy) is 3. The molecule has 1 rings (SSSR count). The predicted octanol–water partition coefficient (Wildman–Crippen LogP) is 2.17. The number of carbonyl (C=O) groups excluding carboxylic acids is 1. The zero-order chi connectivity index (χ0) is 14.0. The van der Waals surface area contributed by atoms with Gasteiger partial charge in [-0.2, -0.15) is 0 Å². The van der Waals surface area contributed by atoms with E-state index in [-0.39, 0.29) is 6.09 Å². The van der Waals surface area contributed by atoms with E-state index in [1.54, 1.807) is 19.1 Å². The number of hydrogen-bond donors (Lipinski definition) is 0. The van der Waals surface area contributed by atoms with Crippen LogP contribution in [0.4, 0.5) is 4.79 Å². The minimum Gasteiger partial charge on any atom is -0.444 e. The number of likely N-dealkylation sites (tertiary alicyclic amines) is 1. The second-order valence-electron chi connectivity index (χ2n) is 5.42. The smallest absolute Gasteiger partial charge is 0.410 e. The van der Waals surface area contributed by atoms with Crippen LogP contribution in [0, 0.1) is 0 Å².